The third-order valence-electron chi connectivity index (χ3n) is 13.0. The van der Waals surface area contributed by atoms with E-state index >= 15 is 0 Å². The first-order chi connectivity index (χ1) is 35.4. The SMILES string of the molecule is C=Cc1ccc(-c2cc(C)nc3c2ccc2c(-c4ccccc4)cc(C)nc23)cc1.C=Cc1ccc(/C(=C/c2ccc(-c3ccc(C=C(c4ccccc4)c4ccccc4)cc3)cc2)c2ccccc2)cc1. The monoisotopic (exact) mass is 922 g/mol. The Morgan fingerprint density at radius 3 is 1.00 bits per heavy atom. The molecule has 0 saturated carbocycles. The molecule has 2 heteroatoms. The third kappa shape index (κ3) is 10.5. The van der Waals surface area contributed by atoms with E-state index in [0.29, 0.717) is 0 Å². The molecular weight excluding hydrogens is 869 g/mol. The van der Waals surface area contributed by atoms with Gasteiger partial charge in [-0.05, 0) is 127 Å². The molecule has 0 aliphatic heterocycles. The van der Waals surface area contributed by atoms with Gasteiger partial charge >= 0.3 is 0 Å². The maximum Gasteiger partial charge on any atom is 0.0974 e. The standard InChI is InChI=1S/C42H32.C28H22N2/c1-2-32-18-28-40(29-19-32)42(39-16-10-5-11-17-39)31-34-22-26-36(27-23-34)35-24-20-33(21-25-35)30-41(37-12-6-3-7-13-37)38-14-8-4-9-15-38;1-4-20-10-12-22(13-11-20)26-17-19(3)30-28-24(26)15-14-23-25(16-18(2)29-27(23)28)21-8-6-5-7-9-21/h2-31H,1H2;4-17H,1H2,2-3H3/b42-31+;. The van der Waals surface area contributed by atoms with Crippen LogP contribution in [-0.4, -0.2) is 9.97 Å². The zero-order chi connectivity index (χ0) is 49.2. The van der Waals surface area contributed by atoms with E-state index in [2.05, 4.69) is 269 Å². The van der Waals surface area contributed by atoms with E-state index in [1.54, 1.807) is 0 Å². The van der Waals surface area contributed by atoms with Gasteiger partial charge in [0.25, 0.3) is 0 Å². The van der Waals surface area contributed by atoms with Gasteiger partial charge in [-0.3, -0.25) is 9.97 Å². The van der Waals surface area contributed by atoms with Gasteiger partial charge in [0.2, 0.25) is 0 Å². The summed E-state index contributed by atoms with van der Waals surface area (Å²) >= 11 is 0. The molecule has 0 fully saturated rings. The van der Waals surface area contributed by atoms with Crippen LogP contribution >= 0.6 is 0 Å². The van der Waals surface area contributed by atoms with Gasteiger partial charge < -0.3 is 0 Å². The van der Waals surface area contributed by atoms with E-state index in [1.165, 1.54) is 77.9 Å². The molecule has 11 rings (SSSR count). The van der Waals surface area contributed by atoms with Crippen molar-refractivity contribution in [3.05, 3.63) is 312 Å². The van der Waals surface area contributed by atoms with Crippen molar-refractivity contribution in [3.63, 3.8) is 0 Å². The molecular formula is C70H54N2. The molecule has 0 spiro atoms. The largest absolute Gasteiger partial charge is 0.251 e. The van der Waals surface area contributed by atoms with E-state index in [4.69, 9.17) is 9.97 Å². The predicted octanol–water partition coefficient (Wildman–Crippen LogP) is 18.6. The highest BCUT2D eigenvalue weighted by Gasteiger charge is 2.15. The van der Waals surface area contributed by atoms with Gasteiger partial charge in [0.05, 0.1) is 11.0 Å². The van der Waals surface area contributed by atoms with Crippen molar-refractivity contribution in [1.29, 1.82) is 0 Å². The Hall–Kier alpha value is -9.24. The molecule has 2 heterocycles. The number of fused-ring (bicyclic) bond motifs is 3. The number of benzene rings is 9. The average molecular weight is 923 g/mol. The van der Waals surface area contributed by atoms with Crippen LogP contribution in [0.3, 0.4) is 0 Å². The fraction of sp³-hybridized carbons (Fsp3) is 0.0286. The summed E-state index contributed by atoms with van der Waals surface area (Å²) < 4.78 is 0. The van der Waals surface area contributed by atoms with Crippen molar-refractivity contribution in [2.45, 2.75) is 13.8 Å². The molecule has 0 N–H and O–H groups in total. The minimum Gasteiger partial charge on any atom is -0.251 e. The molecule has 72 heavy (non-hydrogen) atoms. The number of hydrogen-bond acceptors (Lipinski definition) is 2. The summed E-state index contributed by atoms with van der Waals surface area (Å²) in [4.78, 5) is 9.84. The molecule has 2 nitrogen and oxygen atoms in total. The lowest BCUT2D eigenvalue weighted by molar-refractivity contribution is 1.23. The minimum absolute atomic E-state index is 0.955. The molecule has 0 unspecified atom stereocenters. The quantitative estimate of drug-likeness (QED) is 0.0954. The van der Waals surface area contributed by atoms with Crippen molar-refractivity contribution < 1.29 is 0 Å². The van der Waals surface area contributed by atoms with Gasteiger partial charge in [-0.2, -0.15) is 0 Å². The molecule has 344 valence electrons. The molecule has 0 aliphatic carbocycles. The molecule has 11 aromatic rings. The smallest absolute Gasteiger partial charge is 0.0974 e. The van der Waals surface area contributed by atoms with Crippen LogP contribution in [0.15, 0.2) is 256 Å². The zero-order valence-electron chi connectivity index (χ0n) is 40.7. The number of rotatable bonds is 11. The lowest BCUT2D eigenvalue weighted by Gasteiger charge is -2.13. The zero-order valence-corrected chi connectivity index (χ0v) is 40.7. The summed E-state index contributed by atoms with van der Waals surface area (Å²) in [5.74, 6) is 0. The van der Waals surface area contributed by atoms with Crippen LogP contribution in [0, 0.1) is 13.8 Å². The number of pyridine rings is 2. The maximum absolute atomic E-state index is 4.92. The fourth-order valence-corrected chi connectivity index (χ4v) is 9.32. The van der Waals surface area contributed by atoms with Crippen molar-refractivity contribution >= 4 is 57.3 Å². The van der Waals surface area contributed by atoms with E-state index in [-0.39, 0.29) is 0 Å². The van der Waals surface area contributed by atoms with Crippen LogP contribution in [0.25, 0.3) is 90.6 Å². The summed E-state index contributed by atoms with van der Waals surface area (Å²) in [5, 5.41) is 2.25. The number of nitrogens with zero attached hydrogens (tertiary/aromatic N) is 2. The second-order valence-corrected chi connectivity index (χ2v) is 18.0. The average Bonchev–Trinajstić information content (AvgIpc) is 3.45. The van der Waals surface area contributed by atoms with Crippen LogP contribution in [0.4, 0.5) is 0 Å². The topological polar surface area (TPSA) is 25.8 Å². The lowest BCUT2D eigenvalue weighted by Crippen LogP contribution is -1.94. The van der Waals surface area contributed by atoms with Crippen LogP contribution < -0.4 is 0 Å². The Labute approximate surface area is 424 Å². The Balaban J connectivity index is 0.000000175. The maximum atomic E-state index is 4.92. The van der Waals surface area contributed by atoms with Crippen molar-refractivity contribution in [2.75, 3.05) is 0 Å². The summed E-state index contributed by atoms with van der Waals surface area (Å²) in [6.45, 7) is 11.8. The lowest BCUT2D eigenvalue weighted by atomic mass is 9.94. The number of aromatic nitrogens is 2. The van der Waals surface area contributed by atoms with Gasteiger partial charge in [-0.15, -0.1) is 0 Å². The Morgan fingerprint density at radius 2 is 0.625 bits per heavy atom. The van der Waals surface area contributed by atoms with Crippen molar-refractivity contribution in [2.24, 2.45) is 0 Å². The fourth-order valence-electron chi connectivity index (χ4n) is 9.32. The molecule has 0 aliphatic rings. The van der Waals surface area contributed by atoms with Gasteiger partial charge in [0, 0.05) is 22.2 Å². The van der Waals surface area contributed by atoms with Crippen LogP contribution in [0.2, 0.25) is 0 Å². The van der Waals surface area contributed by atoms with E-state index < -0.39 is 0 Å². The minimum atomic E-state index is 0.955. The van der Waals surface area contributed by atoms with Crippen LogP contribution in [0.1, 0.15) is 55.9 Å². The molecule has 0 amide bonds. The first kappa shape index (κ1) is 46.5. The third-order valence-corrected chi connectivity index (χ3v) is 13.0. The highest BCUT2D eigenvalue weighted by molar-refractivity contribution is 6.12. The van der Waals surface area contributed by atoms with Gasteiger partial charge in [-0.1, -0.05) is 256 Å². The molecule has 0 atom stereocenters. The summed E-state index contributed by atoms with van der Waals surface area (Å²) in [6.07, 6.45) is 8.29. The van der Waals surface area contributed by atoms with Crippen LogP contribution in [-0.2, 0) is 0 Å². The van der Waals surface area contributed by atoms with Gasteiger partial charge in [-0.25, -0.2) is 0 Å². The highest BCUT2D eigenvalue weighted by Crippen LogP contribution is 2.37. The normalized spacial score (nSPS) is 11.1. The molecule has 0 saturated heterocycles. The second-order valence-electron chi connectivity index (χ2n) is 18.0. The number of aryl methyl sites for hydroxylation is 2. The van der Waals surface area contributed by atoms with Crippen molar-refractivity contribution in [3.8, 4) is 33.4 Å². The van der Waals surface area contributed by atoms with E-state index in [9.17, 15) is 0 Å². The predicted molar refractivity (Wildman–Crippen MR) is 309 cm³/mol. The Kier molecular flexibility index (Phi) is 13.9. The summed E-state index contributed by atoms with van der Waals surface area (Å²) in [7, 11) is 0. The molecule has 0 bridgehead atoms. The first-order valence-corrected chi connectivity index (χ1v) is 24.4. The van der Waals surface area contributed by atoms with Crippen molar-refractivity contribution in [1.82, 2.24) is 9.97 Å². The summed E-state index contributed by atoms with van der Waals surface area (Å²) in [5.41, 5.74) is 22.8. The number of hydrogen-bond donors (Lipinski definition) is 0. The second kappa shape index (κ2) is 21.6. The highest BCUT2D eigenvalue weighted by atomic mass is 14.8. The Bertz CT molecular complexity index is 3660. The molecule has 9 aromatic carbocycles. The van der Waals surface area contributed by atoms with Gasteiger partial charge in [0.15, 0.2) is 0 Å². The van der Waals surface area contributed by atoms with Crippen LogP contribution in [0.5, 0.6) is 0 Å². The summed E-state index contributed by atoms with van der Waals surface area (Å²) in [6, 6.07) is 85.6. The Morgan fingerprint density at radius 1 is 0.319 bits per heavy atom. The van der Waals surface area contributed by atoms with Gasteiger partial charge in [0.1, 0.15) is 0 Å². The van der Waals surface area contributed by atoms with E-state index in [0.717, 1.165) is 44.3 Å². The first-order valence-electron chi connectivity index (χ1n) is 24.4. The van der Waals surface area contributed by atoms with E-state index in [1.807, 2.05) is 25.1 Å². The molecule has 0 radical (unpaired) electrons. The molecule has 2 aromatic heterocycles.